The summed E-state index contributed by atoms with van der Waals surface area (Å²) in [6, 6.07) is 6.49. The van der Waals surface area contributed by atoms with E-state index < -0.39 is 0 Å². The van der Waals surface area contributed by atoms with E-state index in [1.807, 2.05) is 12.1 Å². The van der Waals surface area contributed by atoms with Crippen molar-refractivity contribution in [3.8, 4) is 0 Å². The zero-order valence-corrected chi connectivity index (χ0v) is 12.8. The summed E-state index contributed by atoms with van der Waals surface area (Å²) in [5.74, 6) is 2.74. The van der Waals surface area contributed by atoms with E-state index in [1.54, 1.807) is 0 Å². The maximum absolute atomic E-state index is 6.32. The lowest BCUT2D eigenvalue weighted by atomic mass is 9.81. The molecule has 19 heavy (non-hydrogen) atoms. The number of hydrogen-bond donors (Lipinski definition) is 1. The van der Waals surface area contributed by atoms with Gasteiger partial charge in [0.2, 0.25) is 0 Å². The molecular formula is C16H21Cl2N. The number of rotatable bonds is 4. The molecule has 104 valence electrons. The Bertz CT molecular complexity index is 460. The van der Waals surface area contributed by atoms with E-state index in [-0.39, 0.29) is 0 Å². The molecule has 1 aromatic carbocycles. The lowest BCUT2D eigenvalue weighted by molar-refractivity contribution is 0.255. The van der Waals surface area contributed by atoms with E-state index in [1.165, 1.54) is 31.2 Å². The van der Waals surface area contributed by atoms with Crippen molar-refractivity contribution >= 4 is 23.2 Å². The molecule has 0 heterocycles. The molecule has 2 bridgehead atoms. The van der Waals surface area contributed by atoms with E-state index >= 15 is 0 Å². The minimum absolute atomic E-state index is 0.534. The number of benzene rings is 1. The van der Waals surface area contributed by atoms with Crippen molar-refractivity contribution in [2.45, 2.75) is 38.1 Å². The molecule has 0 amide bonds. The first-order valence-electron chi connectivity index (χ1n) is 7.29. The molecule has 4 atom stereocenters. The topological polar surface area (TPSA) is 12.0 Å². The number of likely N-dealkylation sites (N-methyl/N-ethyl adjacent to an activating group) is 1. The maximum Gasteiger partial charge on any atom is 0.0624 e. The van der Waals surface area contributed by atoms with Gasteiger partial charge in [-0.3, -0.25) is 0 Å². The second kappa shape index (κ2) is 5.63. The second-order valence-electron chi connectivity index (χ2n) is 6.15. The Morgan fingerprint density at radius 3 is 2.74 bits per heavy atom. The van der Waals surface area contributed by atoms with Crippen molar-refractivity contribution in [2.75, 3.05) is 7.05 Å². The van der Waals surface area contributed by atoms with Crippen LogP contribution >= 0.6 is 23.2 Å². The molecule has 3 rings (SSSR count). The number of fused-ring (bicyclic) bond motifs is 2. The molecule has 2 saturated carbocycles. The van der Waals surface area contributed by atoms with Gasteiger partial charge >= 0.3 is 0 Å². The van der Waals surface area contributed by atoms with Crippen molar-refractivity contribution < 1.29 is 0 Å². The van der Waals surface area contributed by atoms with Gasteiger partial charge in [0.05, 0.1) is 10.0 Å². The van der Waals surface area contributed by atoms with Crippen molar-refractivity contribution in [1.82, 2.24) is 5.32 Å². The Balaban J connectivity index is 1.75. The molecule has 0 aliphatic heterocycles. The summed E-state index contributed by atoms with van der Waals surface area (Å²) in [6.45, 7) is 0. The van der Waals surface area contributed by atoms with Gasteiger partial charge in [-0.1, -0.05) is 41.8 Å². The highest BCUT2D eigenvalue weighted by Crippen LogP contribution is 2.50. The Hall–Kier alpha value is -0.240. The quantitative estimate of drug-likeness (QED) is 0.859. The zero-order chi connectivity index (χ0) is 13.4. The number of halogens is 2. The number of hydrogen-bond acceptors (Lipinski definition) is 1. The van der Waals surface area contributed by atoms with Gasteiger partial charge in [-0.15, -0.1) is 0 Å². The molecule has 2 fully saturated rings. The molecule has 0 spiro atoms. The van der Waals surface area contributed by atoms with Crippen molar-refractivity contribution in [3.05, 3.63) is 33.8 Å². The molecule has 1 aromatic rings. The molecular weight excluding hydrogens is 277 g/mol. The van der Waals surface area contributed by atoms with E-state index in [0.717, 1.165) is 29.2 Å². The van der Waals surface area contributed by atoms with Crippen molar-refractivity contribution in [2.24, 2.45) is 17.8 Å². The smallest absolute Gasteiger partial charge is 0.0624 e. The van der Waals surface area contributed by atoms with Crippen LogP contribution in [0.1, 0.15) is 31.2 Å². The average molecular weight is 298 g/mol. The summed E-state index contributed by atoms with van der Waals surface area (Å²) in [5, 5.41) is 4.92. The van der Waals surface area contributed by atoms with Crippen LogP contribution in [0.25, 0.3) is 0 Å². The molecule has 2 aliphatic rings. The van der Waals surface area contributed by atoms with Gasteiger partial charge in [0.25, 0.3) is 0 Å². The van der Waals surface area contributed by atoms with E-state index in [4.69, 9.17) is 23.2 Å². The molecule has 0 aromatic heterocycles. The Morgan fingerprint density at radius 2 is 2.11 bits per heavy atom. The van der Waals surface area contributed by atoms with Crippen LogP contribution in [0.2, 0.25) is 10.0 Å². The minimum atomic E-state index is 0.534. The van der Waals surface area contributed by atoms with Crippen LogP contribution < -0.4 is 5.32 Å². The summed E-state index contributed by atoms with van der Waals surface area (Å²) in [6.07, 6.45) is 6.72. The predicted octanol–water partition coefficient (Wildman–Crippen LogP) is 4.56. The van der Waals surface area contributed by atoms with Gasteiger partial charge in [-0.05, 0) is 62.1 Å². The van der Waals surface area contributed by atoms with Gasteiger partial charge in [0, 0.05) is 6.04 Å². The minimum Gasteiger partial charge on any atom is -0.316 e. The summed E-state index contributed by atoms with van der Waals surface area (Å²) in [4.78, 5) is 0. The third-order valence-electron chi connectivity index (χ3n) is 5.15. The van der Waals surface area contributed by atoms with Gasteiger partial charge in [-0.2, -0.15) is 0 Å². The lowest BCUT2D eigenvalue weighted by Gasteiger charge is -2.30. The molecule has 1 nitrogen and oxygen atoms in total. The monoisotopic (exact) mass is 297 g/mol. The standard InChI is InChI=1S/C16H21Cl2N/c1-19-15(13-8-10-5-6-11(13)7-10)9-12-3-2-4-14(17)16(12)18/h2-4,10-11,13,15,19H,5-9H2,1H3. The van der Waals surface area contributed by atoms with Gasteiger partial charge in [-0.25, -0.2) is 0 Å². The molecule has 0 radical (unpaired) electrons. The fraction of sp³-hybridized carbons (Fsp3) is 0.625. The third-order valence-corrected chi connectivity index (χ3v) is 6.01. The molecule has 0 saturated heterocycles. The SMILES string of the molecule is CNC(Cc1cccc(Cl)c1Cl)C1CC2CCC1C2. The molecule has 1 N–H and O–H groups in total. The molecule has 4 unspecified atom stereocenters. The van der Waals surface area contributed by atoms with Crippen LogP contribution in [0.3, 0.4) is 0 Å². The summed E-state index contributed by atoms with van der Waals surface area (Å²) in [5.41, 5.74) is 1.18. The van der Waals surface area contributed by atoms with E-state index in [9.17, 15) is 0 Å². The van der Waals surface area contributed by atoms with Crippen LogP contribution in [-0.2, 0) is 6.42 Å². The first kappa shape index (κ1) is 13.7. The predicted molar refractivity (Wildman–Crippen MR) is 82.0 cm³/mol. The summed E-state index contributed by atoms with van der Waals surface area (Å²) >= 11 is 12.4. The van der Waals surface area contributed by atoms with Crippen LogP contribution in [0, 0.1) is 17.8 Å². The normalized spacial score (nSPS) is 30.8. The average Bonchev–Trinajstić information content (AvgIpc) is 3.03. The Kier molecular flexibility index (Phi) is 4.07. The molecule has 3 heteroatoms. The van der Waals surface area contributed by atoms with Crippen LogP contribution in [-0.4, -0.2) is 13.1 Å². The second-order valence-corrected chi connectivity index (χ2v) is 6.94. The first-order chi connectivity index (χ1) is 9.19. The third kappa shape index (κ3) is 2.66. The van der Waals surface area contributed by atoms with Gasteiger partial charge in [0.15, 0.2) is 0 Å². The highest BCUT2D eigenvalue weighted by Gasteiger charge is 2.42. The van der Waals surface area contributed by atoms with E-state index in [0.29, 0.717) is 11.1 Å². The van der Waals surface area contributed by atoms with Crippen LogP contribution in [0.4, 0.5) is 0 Å². The fourth-order valence-corrected chi connectivity index (χ4v) is 4.59. The zero-order valence-electron chi connectivity index (χ0n) is 11.3. The first-order valence-corrected chi connectivity index (χ1v) is 8.04. The van der Waals surface area contributed by atoms with Crippen LogP contribution in [0.15, 0.2) is 18.2 Å². The highest BCUT2D eigenvalue weighted by molar-refractivity contribution is 6.42. The summed E-state index contributed by atoms with van der Waals surface area (Å²) < 4.78 is 0. The Morgan fingerprint density at radius 1 is 1.26 bits per heavy atom. The highest BCUT2D eigenvalue weighted by atomic mass is 35.5. The fourth-order valence-electron chi connectivity index (χ4n) is 4.20. The van der Waals surface area contributed by atoms with Crippen molar-refractivity contribution in [3.63, 3.8) is 0 Å². The number of nitrogens with one attached hydrogen (secondary N) is 1. The van der Waals surface area contributed by atoms with Gasteiger partial charge < -0.3 is 5.32 Å². The van der Waals surface area contributed by atoms with Crippen molar-refractivity contribution in [1.29, 1.82) is 0 Å². The van der Waals surface area contributed by atoms with Gasteiger partial charge in [0.1, 0.15) is 0 Å². The lowest BCUT2D eigenvalue weighted by Crippen LogP contribution is -2.38. The van der Waals surface area contributed by atoms with E-state index in [2.05, 4.69) is 18.4 Å². The molecule has 2 aliphatic carbocycles. The summed E-state index contributed by atoms with van der Waals surface area (Å²) in [7, 11) is 2.08. The van der Waals surface area contributed by atoms with Crippen LogP contribution in [0.5, 0.6) is 0 Å². The Labute approximate surface area is 125 Å². The largest absolute Gasteiger partial charge is 0.316 e. The maximum atomic E-state index is 6.32.